The lowest BCUT2D eigenvalue weighted by molar-refractivity contribution is 0.0759. The highest BCUT2D eigenvalue weighted by molar-refractivity contribution is 5.94. The van der Waals surface area contributed by atoms with Crippen LogP contribution in [0.2, 0.25) is 0 Å². The zero-order valence-electron chi connectivity index (χ0n) is 13.9. The third-order valence-corrected chi connectivity index (χ3v) is 4.60. The van der Waals surface area contributed by atoms with Crippen LogP contribution in [0.15, 0.2) is 18.2 Å². The maximum atomic E-state index is 12.7. The minimum absolute atomic E-state index is 0.00348. The highest BCUT2D eigenvalue weighted by atomic mass is 16.6. The first kappa shape index (κ1) is 16.1. The molecule has 3 rings (SSSR count). The Morgan fingerprint density at radius 2 is 2.09 bits per heavy atom. The van der Waals surface area contributed by atoms with Gasteiger partial charge in [0, 0.05) is 38.9 Å². The average molecular weight is 320 g/mol. The highest BCUT2D eigenvalue weighted by Gasteiger charge is 2.31. The fourth-order valence-electron chi connectivity index (χ4n) is 3.21. The predicted octanol–water partition coefficient (Wildman–Crippen LogP) is 1.25. The number of benzene rings is 1. The fourth-order valence-corrected chi connectivity index (χ4v) is 3.21. The molecule has 0 unspecified atom stereocenters. The number of ether oxygens (including phenoxy) is 3. The number of fused-ring (bicyclic) bond motifs is 1. The van der Waals surface area contributed by atoms with Crippen molar-refractivity contribution in [2.75, 3.05) is 47.5 Å². The van der Waals surface area contributed by atoms with Crippen molar-refractivity contribution in [1.29, 1.82) is 0 Å². The normalized spacial score (nSPS) is 23.8. The summed E-state index contributed by atoms with van der Waals surface area (Å²) in [5, 5.41) is 0. The van der Waals surface area contributed by atoms with Gasteiger partial charge in [0.05, 0.1) is 6.10 Å². The minimum atomic E-state index is -0.00348. The van der Waals surface area contributed by atoms with E-state index in [0.29, 0.717) is 42.9 Å². The van der Waals surface area contributed by atoms with Crippen molar-refractivity contribution in [3.8, 4) is 11.5 Å². The largest absolute Gasteiger partial charge is 0.486 e. The summed E-state index contributed by atoms with van der Waals surface area (Å²) in [6.45, 7) is 2.66. The number of carbonyl (C=O) groups excluding carboxylic acids is 1. The van der Waals surface area contributed by atoms with E-state index in [-0.39, 0.29) is 12.0 Å². The molecule has 6 heteroatoms. The molecule has 0 radical (unpaired) electrons. The Morgan fingerprint density at radius 1 is 1.35 bits per heavy atom. The van der Waals surface area contributed by atoms with Crippen molar-refractivity contribution in [3.63, 3.8) is 0 Å². The zero-order valence-corrected chi connectivity index (χ0v) is 13.9. The number of likely N-dealkylation sites (N-methyl/N-ethyl adjacent to an activating group) is 2. The topological polar surface area (TPSA) is 51.2 Å². The maximum Gasteiger partial charge on any atom is 0.253 e. The molecular formula is C17H24N2O4. The number of hydrogen-bond donors (Lipinski definition) is 0. The van der Waals surface area contributed by atoms with Gasteiger partial charge in [-0.15, -0.1) is 0 Å². The smallest absolute Gasteiger partial charge is 0.253 e. The monoisotopic (exact) mass is 320 g/mol. The molecule has 0 N–H and O–H groups in total. The Hall–Kier alpha value is -1.79. The lowest BCUT2D eigenvalue weighted by Gasteiger charge is -2.26. The molecule has 2 atom stereocenters. The second-order valence-electron chi connectivity index (χ2n) is 6.23. The molecule has 1 saturated heterocycles. The quantitative estimate of drug-likeness (QED) is 0.836. The summed E-state index contributed by atoms with van der Waals surface area (Å²) >= 11 is 0. The molecule has 1 aromatic rings. The summed E-state index contributed by atoms with van der Waals surface area (Å²) in [6.07, 6.45) is 1.20. The number of likely N-dealkylation sites (tertiary alicyclic amines) is 1. The summed E-state index contributed by atoms with van der Waals surface area (Å²) in [5.74, 6) is 1.35. The van der Waals surface area contributed by atoms with Crippen LogP contribution in [0, 0.1) is 0 Å². The van der Waals surface area contributed by atoms with Gasteiger partial charge in [0.2, 0.25) is 0 Å². The maximum absolute atomic E-state index is 12.7. The van der Waals surface area contributed by atoms with Gasteiger partial charge in [-0.05, 0) is 31.7 Å². The second-order valence-corrected chi connectivity index (χ2v) is 6.23. The third-order valence-electron chi connectivity index (χ3n) is 4.60. The average Bonchev–Trinajstić information content (AvgIpc) is 2.93. The minimum Gasteiger partial charge on any atom is -0.486 e. The van der Waals surface area contributed by atoms with Crippen LogP contribution in [-0.4, -0.2) is 75.4 Å². The summed E-state index contributed by atoms with van der Waals surface area (Å²) in [7, 11) is 5.66. The molecule has 0 saturated carbocycles. The Morgan fingerprint density at radius 3 is 2.78 bits per heavy atom. The summed E-state index contributed by atoms with van der Waals surface area (Å²) in [6, 6.07) is 5.69. The summed E-state index contributed by atoms with van der Waals surface area (Å²) in [5.41, 5.74) is 0.626. The zero-order chi connectivity index (χ0) is 16.4. The van der Waals surface area contributed by atoms with Gasteiger partial charge < -0.3 is 19.1 Å². The number of rotatable bonds is 4. The Labute approximate surface area is 136 Å². The van der Waals surface area contributed by atoms with Crippen molar-refractivity contribution in [2.24, 2.45) is 0 Å². The van der Waals surface area contributed by atoms with Gasteiger partial charge in [-0.1, -0.05) is 0 Å². The van der Waals surface area contributed by atoms with Crippen molar-refractivity contribution >= 4 is 5.91 Å². The van der Waals surface area contributed by atoms with Crippen LogP contribution >= 0.6 is 0 Å². The first-order chi connectivity index (χ1) is 11.1. The van der Waals surface area contributed by atoms with E-state index >= 15 is 0 Å². The number of carbonyl (C=O) groups is 1. The molecule has 6 nitrogen and oxygen atoms in total. The Kier molecular flexibility index (Phi) is 4.73. The van der Waals surface area contributed by atoms with Gasteiger partial charge >= 0.3 is 0 Å². The number of amides is 1. The van der Waals surface area contributed by atoms with E-state index in [2.05, 4.69) is 11.9 Å². The van der Waals surface area contributed by atoms with Gasteiger partial charge in [-0.25, -0.2) is 0 Å². The van der Waals surface area contributed by atoms with Crippen molar-refractivity contribution in [3.05, 3.63) is 23.8 Å². The lowest BCUT2D eigenvalue weighted by Crippen LogP contribution is -2.39. The van der Waals surface area contributed by atoms with Crippen LogP contribution in [0.1, 0.15) is 16.8 Å². The molecule has 126 valence electrons. The van der Waals surface area contributed by atoms with Crippen LogP contribution < -0.4 is 9.47 Å². The summed E-state index contributed by atoms with van der Waals surface area (Å²) in [4.78, 5) is 16.7. The molecular weight excluding hydrogens is 296 g/mol. The van der Waals surface area contributed by atoms with E-state index in [4.69, 9.17) is 14.2 Å². The lowest BCUT2D eigenvalue weighted by atomic mass is 10.1. The van der Waals surface area contributed by atoms with Crippen LogP contribution in [0.3, 0.4) is 0 Å². The third kappa shape index (κ3) is 3.43. The number of nitrogens with zero attached hydrogens (tertiary/aromatic N) is 2. The molecule has 2 aliphatic rings. The second kappa shape index (κ2) is 6.76. The van der Waals surface area contributed by atoms with E-state index in [1.54, 1.807) is 30.2 Å². The Balaban J connectivity index is 1.65. The molecule has 2 aliphatic heterocycles. The Bertz CT molecular complexity index is 578. The fraction of sp³-hybridized carbons (Fsp3) is 0.588. The SMILES string of the molecule is CO[C@H]1C[C@@H](CN(C)C(=O)c2ccc3c(c2)OCCO3)N(C)C1. The number of methoxy groups -OCH3 is 1. The molecule has 2 heterocycles. The van der Waals surface area contributed by atoms with E-state index in [9.17, 15) is 4.79 Å². The molecule has 0 aliphatic carbocycles. The van der Waals surface area contributed by atoms with Crippen molar-refractivity contribution < 1.29 is 19.0 Å². The molecule has 1 aromatic carbocycles. The first-order valence-electron chi connectivity index (χ1n) is 7.96. The van der Waals surface area contributed by atoms with Crippen LogP contribution in [0.25, 0.3) is 0 Å². The molecule has 0 aromatic heterocycles. The van der Waals surface area contributed by atoms with E-state index in [1.165, 1.54) is 0 Å². The highest BCUT2D eigenvalue weighted by Crippen LogP contribution is 2.31. The van der Waals surface area contributed by atoms with Crippen molar-refractivity contribution in [1.82, 2.24) is 9.80 Å². The van der Waals surface area contributed by atoms with Gasteiger partial charge in [0.1, 0.15) is 13.2 Å². The molecule has 1 amide bonds. The van der Waals surface area contributed by atoms with Crippen LogP contribution in [0.5, 0.6) is 11.5 Å². The van der Waals surface area contributed by atoms with E-state index in [0.717, 1.165) is 13.0 Å². The summed E-state index contributed by atoms with van der Waals surface area (Å²) < 4.78 is 16.5. The van der Waals surface area contributed by atoms with Gasteiger partial charge in [-0.3, -0.25) is 9.69 Å². The van der Waals surface area contributed by atoms with E-state index < -0.39 is 0 Å². The van der Waals surface area contributed by atoms with Crippen LogP contribution in [0.4, 0.5) is 0 Å². The molecule has 23 heavy (non-hydrogen) atoms. The van der Waals surface area contributed by atoms with Gasteiger partial charge in [0.15, 0.2) is 11.5 Å². The molecule has 0 spiro atoms. The first-order valence-corrected chi connectivity index (χ1v) is 7.96. The van der Waals surface area contributed by atoms with Crippen molar-refractivity contribution in [2.45, 2.75) is 18.6 Å². The number of hydrogen-bond acceptors (Lipinski definition) is 5. The molecule has 1 fully saturated rings. The van der Waals surface area contributed by atoms with Crippen LogP contribution in [-0.2, 0) is 4.74 Å². The predicted molar refractivity (Wildman–Crippen MR) is 86.2 cm³/mol. The van der Waals surface area contributed by atoms with E-state index in [1.807, 2.05) is 7.05 Å². The van der Waals surface area contributed by atoms with Gasteiger partial charge in [-0.2, -0.15) is 0 Å². The molecule has 0 bridgehead atoms. The van der Waals surface area contributed by atoms with Gasteiger partial charge in [0.25, 0.3) is 5.91 Å². The standard InChI is InChI=1S/C17H24N2O4/c1-18-11-14(21-3)9-13(18)10-19(2)17(20)12-4-5-15-16(8-12)23-7-6-22-15/h4-5,8,13-14H,6-7,9-11H2,1-3H3/t13-,14-/m0/s1.